The van der Waals surface area contributed by atoms with Crippen molar-refractivity contribution >= 4 is 29.1 Å². The molecular weight excluding hydrogens is 313 g/mol. The highest BCUT2D eigenvalue weighted by molar-refractivity contribution is 6.41. The summed E-state index contributed by atoms with van der Waals surface area (Å²) >= 11 is 11.4. The van der Waals surface area contributed by atoms with Crippen molar-refractivity contribution in [3.63, 3.8) is 0 Å². The number of nitrogens with zero attached hydrogens (tertiary/aromatic N) is 2. The zero-order valence-electron chi connectivity index (χ0n) is 12.5. The molecule has 0 saturated heterocycles. The maximum Gasteiger partial charge on any atom is 0.287 e. The molecule has 0 aliphatic heterocycles. The van der Waals surface area contributed by atoms with Crippen LogP contribution in [0.25, 0.3) is 0 Å². The molecule has 118 valence electrons. The first-order valence-corrected chi connectivity index (χ1v) is 7.77. The molecule has 1 N–H and O–H groups in total. The largest absolute Gasteiger partial charge is 0.352 e. The van der Waals surface area contributed by atoms with E-state index in [4.69, 9.17) is 23.2 Å². The molecule has 1 atom stereocenters. The zero-order valence-corrected chi connectivity index (χ0v) is 14.0. The van der Waals surface area contributed by atoms with Gasteiger partial charge in [-0.2, -0.15) is 5.10 Å². The maximum absolute atomic E-state index is 11.9. The Morgan fingerprint density at radius 3 is 2.62 bits per heavy atom. The summed E-state index contributed by atoms with van der Waals surface area (Å²) in [6, 6.07) is 0.0646. The number of carbonyl (C=O) groups excluding carboxylic acids is 1. The van der Waals surface area contributed by atoms with Gasteiger partial charge >= 0.3 is 0 Å². The molecule has 0 unspecified atom stereocenters. The normalized spacial score (nSPS) is 12.5. The van der Waals surface area contributed by atoms with Crippen LogP contribution in [-0.2, 0) is 11.3 Å². The maximum atomic E-state index is 11.9. The number of aromatic nitrogens is 2. The highest BCUT2D eigenvalue weighted by Crippen LogP contribution is 2.14. The highest BCUT2D eigenvalue weighted by atomic mass is 35.5. The molecule has 0 spiro atoms. The first-order valence-electron chi connectivity index (χ1n) is 7.01. The molecule has 1 aromatic rings. The van der Waals surface area contributed by atoms with Crippen molar-refractivity contribution in [1.29, 1.82) is 0 Å². The smallest absolute Gasteiger partial charge is 0.287 e. The minimum atomic E-state index is -0.563. The summed E-state index contributed by atoms with van der Waals surface area (Å²) in [6.45, 7) is 6.13. The summed E-state index contributed by atoms with van der Waals surface area (Å²) in [5.41, 5.74) is -0.563. The molecule has 1 aromatic heterocycles. The third kappa shape index (κ3) is 6.06. The van der Waals surface area contributed by atoms with Crippen LogP contribution >= 0.6 is 23.2 Å². The Morgan fingerprint density at radius 2 is 2.00 bits per heavy atom. The standard InChI is InChI=1S/C14H21Cl2N3O2/c1-9(2)5-4-6-10(3)18-12(20)8-19-14(21)13(16)11(15)7-17-19/h7,9-10H,4-6,8H2,1-3H3,(H,18,20)/t10-/m1/s1. The second-order valence-electron chi connectivity index (χ2n) is 5.56. The van der Waals surface area contributed by atoms with Crippen molar-refractivity contribution in [1.82, 2.24) is 15.1 Å². The SMILES string of the molecule is CC(C)CCC[C@@H](C)NC(=O)Cn1ncc(Cl)c(Cl)c1=O. The average molecular weight is 334 g/mol. The van der Waals surface area contributed by atoms with Crippen molar-refractivity contribution in [3.05, 3.63) is 26.6 Å². The Kier molecular flexibility index (Phi) is 7.18. The van der Waals surface area contributed by atoms with Gasteiger partial charge in [0.2, 0.25) is 5.91 Å². The van der Waals surface area contributed by atoms with E-state index in [1.54, 1.807) is 0 Å². The van der Waals surface area contributed by atoms with Gasteiger partial charge in [-0.25, -0.2) is 4.68 Å². The summed E-state index contributed by atoms with van der Waals surface area (Å²) in [4.78, 5) is 23.6. The van der Waals surface area contributed by atoms with Crippen molar-refractivity contribution in [2.24, 2.45) is 5.92 Å². The van der Waals surface area contributed by atoms with E-state index in [1.807, 2.05) is 6.92 Å². The second kappa shape index (κ2) is 8.39. The topological polar surface area (TPSA) is 64.0 Å². The molecule has 5 nitrogen and oxygen atoms in total. The monoisotopic (exact) mass is 333 g/mol. The predicted octanol–water partition coefficient (Wildman–Crippen LogP) is 2.88. The molecular formula is C14H21Cl2N3O2. The fourth-order valence-electron chi connectivity index (χ4n) is 1.92. The number of hydrogen-bond donors (Lipinski definition) is 1. The van der Waals surface area contributed by atoms with E-state index in [9.17, 15) is 9.59 Å². The number of rotatable bonds is 7. The molecule has 0 fully saturated rings. The van der Waals surface area contributed by atoms with E-state index < -0.39 is 5.56 Å². The van der Waals surface area contributed by atoms with E-state index in [2.05, 4.69) is 24.3 Å². The Bertz CT molecular complexity index is 544. The lowest BCUT2D eigenvalue weighted by molar-refractivity contribution is -0.122. The third-order valence-corrected chi connectivity index (χ3v) is 3.81. The van der Waals surface area contributed by atoms with Gasteiger partial charge in [0.25, 0.3) is 5.56 Å². The van der Waals surface area contributed by atoms with E-state index >= 15 is 0 Å². The number of hydrogen-bond acceptors (Lipinski definition) is 3. The van der Waals surface area contributed by atoms with Gasteiger partial charge in [-0.15, -0.1) is 0 Å². The summed E-state index contributed by atoms with van der Waals surface area (Å²) in [5.74, 6) is 0.395. The third-order valence-electron chi connectivity index (χ3n) is 3.06. The Morgan fingerprint density at radius 1 is 1.33 bits per heavy atom. The van der Waals surface area contributed by atoms with Crippen LogP contribution in [0.1, 0.15) is 40.0 Å². The molecule has 0 saturated carbocycles. The van der Waals surface area contributed by atoms with Crippen LogP contribution < -0.4 is 10.9 Å². The number of amides is 1. The first kappa shape index (κ1) is 18.0. The number of halogens is 2. The minimum Gasteiger partial charge on any atom is -0.352 e. The number of nitrogens with one attached hydrogen (secondary N) is 1. The highest BCUT2D eigenvalue weighted by Gasteiger charge is 2.12. The lowest BCUT2D eigenvalue weighted by Crippen LogP contribution is -2.38. The first-order chi connectivity index (χ1) is 9.81. The Labute approximate surface area is 134 Å². The van der Waals surface area contributed by atoms with Gasteiger partial charge in [-0.05, 0) is 19.3 Å². The molecule has 0 aromatic carbocycles. The van der Waals surface area contributed by atoms with E-state index in [1.165, 1.54) is 6.20 Å². The Hall–Kier alpha value is -1.07. The lowest BCUT2D eigenvalue weighted by atomic mass is 10.0. The van der Waals surface area contributed by atoms with Crippen LogP contribution in [0, 0.1) is 5.92 Å². The molecule has 0 aliphatic carbocycles. The fourth-order valence-corrected chi connectivity index (χ4v) is 2.19. The summed E-state index contributed by atoms with van der Waals surface area (Å²) in [5, 5.41) is 6.61. The van der Waals surface area contributed by atoms with Crippen LogP contribution in [0.15, 0.2) is 11.0 Å². The van der Waals surface area contributed by atoms with Gasteiger partial charge in [-0.3, -0.25) is 9.59 Å². The van der Waals surface area contributed by atoms with Gasteiger partial charge in [0.15, 0.2) is 0 Å². The lowest BCUT2D eigenvalue weighted by Gasteiger charge is -2.14. The second-order valence-corrected chi connectivity index (χ2v) is 6.35. The quantitative estimate of drug-likeness (QED) is 0.834. The fraction of sp³-hybridized carbons (Fsp3) is 0.643. The molecule has 0 bridgehead atoms. The molecule has 1 heterocycles. The molecule has 0 radical (unpaired) electrons. The Balaban J connectivity index is 2.51. The van der Waals surface area contributed by atoms with Gasteiger partial charge < -0.3 is 5.32 Å². The molecule has 7 heteroatoms. The van der Waals surface area contributed by atoms with Crippen LogP contribution in [0.4, 0.5) is 0 Å². The van der Waals surface area contributed by atoms with Gasteiger partial charge in [0.05, 0.1) is 11.2 Å². The van der Waals surface area contributed by atoms with Crippen LogP contribution in [-0.4, -0.2) is 21.7 Å². The van der Waals surface area contributed by atoms with E-state index in [0.29, 0.717) is 5.92 Å². The van der Waals surface area contributed by atoms with Crippen LogP contribution in [0.5, 0.6) is 0 Å². The summed E-state index contributed by atoms with van der Waals surface area (Å²) in [7, 11) is 0. The van der Waals surface area contributed by atoms with E-state index in [-0.39, 0.29) is 28.5 Å². The van der Waals surface area contributed by atoms with Gasteiger partial charge in [0, 0.05) is 6.04 Å². The number of carbonyl (C=O) groups is 1. The predicted molar refractivity (Wildman–Crippen MR) is 84.8 cm³/mol. The molecule has 21 heavy (non-hydrogen) atoms. The van der Waals surface area contributed by atoms with Crippen molar-refractivity contribution in [3.8, 4) is 0 Å². The van der Waals surface area contributed by atoms with Crippen LogP contribution in [0.2, 0.25) is 10.0 Å². The van der Waals surface area contributed by atoms with E-state index in [0.717, 1.165) is 23.9 Å². The van der Waals surface area contributed by atoms with Crippen molar-refractivity contribution < 1.29 is 4.79 Å². The molecule has 0 aliphatic rings. The zero-order chi connectivity index (χ0) is 16.0. The average Bonchev–Trinajstić information content (AvgIpc) is 2.39. The molecule has 1 rings (SSSR count). The minimum absolute atomic E-state index is 0.0646. The summed E-state index contributed by atoms with van der Waals surface area (Å²) in [6.07, 6.45) is 4.36. The van der Waals surface area contributed by atoms with Crippen molar-refractivity contribution in [2.45, 2.75) is 52.6 Å². The van der Waals surface area contributed by atoms with Gasteiger partial charge in [0.1, 0.15) is 11.6 Å². The van der Waals surface area contributed by atoms with Crippen molar-refractivity contribution in [2.75, 3.05) is 0 Å². The van der Waals surface area contributed by atoms with Crippen LogP contribution in [0.3, 0.4) is 0 Å². The molecule has 1 amide bonds. The van der Waals surface area contributed by atoms with Gasteiger partial charge in [-0.1, -0.05) is 49.9 Å². The summed E-state index contributed by atoms with van der Waals surface area (Å²) < 4.78 is 1.00.